The maximum atomic E-state index is 12.3. The third-order valence-corrected chi connectivity index (χ3v) is 4.00. The van der Waals surface area contributed by atoms with Gasteiger partial charge in [-0.05, 0) is 37.6 Å². The molecule has 0 fully saturated rings. The second-order valence-electron chi connectivity index (χ2n) is 6.20. The fourth-order valence-corrected chi connectivity index (χ4v) is 2.58. The molecule has 0 unspecified atom stereocenters. The van der Waals surface area contributed by atoms with Crippen molar-refractivity contribution >= 4 is 17.3 Å². The number of aromatic nitrogens is 2. The van der Waals surface area contributed by atoms with Gasteiger partial charge in [0.25, 0.3) is 11.6 Å². The quantitative estimate of drug-likeness (QED) is 0.383. The number of nitro benzene ring substituents is 1. The summed E-state index contributed by atoms with van der Waals surface area (Å²) in [5, 5.41) is 27.1. The molecule has 2 aromatic carbocycles. The Kier molecular flexibility index (Phi) is 5.25. The summed E-state index contributed by atoms with van der Waals surface area (Å²) in [5.74, 6) is -0.238. The molecular weight excluding hydrogens is 364 g/mol. The molecule has 1 amide bonds. The van der Waals surface area contributed by atoms with Crippen molar-refractivity contribution in [3.05, 3.63) is 75.6 Å². The van der Waals surface area contributed by atoms with Crippen molar-refractivity contribution in [3.63, 3.8) is 0 Å². The summed E-state index contributed by atoms with van der Waals surface area (Å²) in [5.41, 5.74) is 2.03. The molecule has 1 heterocycles. The highest BCUT2D eigenvalue weighted by molar-refractivity contribution is 6.03. The number of rotatable bonds is 6. The number of nitrogens with one attached hydrogen (secondary N) is 1. The lowest BCUT2D eigenvalue weighted by Crippen LogP contribution is -2.14. The highest BCUT2D eigenvalue weighted by atomic mass is 16.6. The molecular formula is C19H18N4O5. The van der Waals surface area contributed by atoms with Crippen LogP contribution in [0.1, 0.15) is 21.6 Å². The van der Waals surface area contributed by atoms with Gasteiger partial charge in [0, 0.05) is 12.3 Å². The van der Waals surface area contributed by atoms with Crippen molar-refractivity contribution in [3.8, 4) is 11.5 Å². The first-order valence-corrected chi connectivity index (χ1v) is 8.36. The number of carbonyl (C=O) groups excluding carboxylic acids is 1. The minimum absolute atomic E-state index is 0.0525. The van der Waals surface area contributed by atoms with Crippen LogP contribution in [0, 0.1) is 24.0 Å². The van der Waals surface area contributed by atoms with Crippen molar-refractivity contribution < 1.29 is 19.6 Å². The number of hydrogen-bond acceptors (Lipinski definition) is 6. The van der Waals surface area contributed by atoms with E-state index in [2.05, 4.69) is 10.4 Å². The van der Waals surface area contributed by atoms with Gasteiger partial charge >= 0.3 is 0 Å². The molecule has 1 aromatic heterocycles. The number of benzene rings is 2. The molecule has 3 aromatic rings. The molecule has 0 aliphatic heterocycles. The average Bonchev–Trinajstić information content (AvgIpc) is 3.11. The highest BCUT2D eigenvalue weighted by Gasteiger charge is 2.15. The van der Waals surface area contributed by atoms with Crippen LogP contribution in [-0.4, -0.2) is 25.7 Å². The van der Waals surface area contributed by atoms with Crippen LogP contribution in [-0.2, 0) is 6.73 Å². The monoisotopic (exact) mass is 382 g/mol. The van der Waals surface area contributed by atoms with Crippen LogP contribution >= 0.6 is 0 Å². The molecule has 28 heavy (non-hydrogen) atoms. The van der Waals surface area contributed by atoms with E-state index >= 15 is 0 Å². The van der Waals surface area contributed by atoms with Crippen LogP contribution in [0.4, 0.5) is 11.4 Å². The zero-order chi connectivity index (χ0) is 20.3. The normalized spacial score (nSPS) is 10.5. The first kappa shape index (κ1) is 18.9. The molecule has 9 heteroatoms. The number of non-ortho nitro benzene ring substituents is 1. The van der Waals surface area contributed by atoms with E-state index in [-0.39, 0.29) is 23.8 Å². The van der Waals surface area contributed by atoms with E-state index in [0.717, 1.165) is 22.9 Å². The number of amides is 1. The molecule has 144 valence electrons. The molecule has 0 aliphatic rings. The largest absolute Gasteiger partial charge is 0.506 e. The topological polar surface area (TPSA) is 120 Å². The third-order valence-electron chi connectivity index (χ3n) is 4.00. The summed E-state index contributed by atoms with van der Waals surface area (Å²) in [7, 11) is 0. The van der Waals surface area contributed by atoms with Crippen molar-refractivity contribution in [1.82, 2.24) is 9.78 Å². The Morgan fingerprint density at radius 3 is 2.71 bits per heavy atom. The predicted molar refractivity (Wildman–Crippen MR) is 101 cm³/mol. The molecule has 0 bridgehead atoms. The summed E-state index contributed by atoms with van der Waals surface area (Å²) >= 11 is 0. The van der Waals surface area contributed by atoms with Crippen molar-refractivity contribution in [2.24, 2.45) is 0 Å². The van der Waals surface area contributed by atoms with Gasteiger partial charge in [0.1, 0.15) is 11.5 Å². The number of phenols is 1. The standard InChI is InChI=1S/C19H18N4O5/c1-12-3-6-18(13(2)9-12)28-11-22-8-7-16(21-22)19(25)20-15-5-4-14(23(26)27)10-17(15)24/h3-10,24H,11H2,1-2H3,(H,20,25). The number of aromatic hydroxyl groups is 1. The average molecular weight is 382 g/mol. The Balaban J connectivity index is 1.64. The minimum atomic E-state index is -0.636. The van der Waals surface area contributed by atoms with Crippen molar-refractivity contribution in [2.75, 3.05) is 5.32 Å². The Morgan fingerprint density at radius 2 is 2.04 bits per heavy atom. The van der Waals surface area contributed by atoms with E-state index in [0.29, 0.717) is 0 Å². The van der Waals surface area contributed by atoms with Gasteiger partial charge in [0.05, 0.1) is 16.7 Å². The molecule has 0 spiro atoms. The van der Waals surface area contributed by atoms with Crippen LogP contribution in [0.15, 0.2) is 48.7 Å². The van der Waals surface area contributed by atoms with Gasteiger partial charge < -0.3 is 15.2 Å². The van der Waals surface area contributed by atoms with Gasteiger partial charge in [-0.1, -0.05) is 17.7 Å². The van der Waals surface area contributed by atoms with E-state index in [4.69, 9.17) is 4.74 Å². The lowest BCUT2D eigenvalue weighted by atomic mass is 10.1. The van der Waals surface area contributed by atoms with Gasteiger partial charge in [0.2, 0.25) is 0 Å². The van der Waals surface area contributed by atoms with Crippen molar-refractivity contribution in [1.29, 1.82) is 0 Å². The second kappa shape index (κ2) is 7.78. The Hall–Kier alpha value is -3.88. The first-order valence-electron chi connectivity index (χ1n) is 8.36. The van der Waals surface area contributed by atoms with Crippen LogP contribution in [0.3, 0.4) is 0 Å². The molecule has 0 radical (unpaired) electrons. The van der Waals surface area contributed by atoms with Crippen LogP contribution in [0.25, 0.3) is 0 Å². The fraction of sp³-hybridized carbons (Fsp3) is 0.158. The molecule has 2 N–H and O–H groups in total. The van der Waals surface area contributed by atoms with Gasteiger partial charge in [-0.3, -0.25) is 14.9 Å². The van der Waals surface area contributed by atoms with Crippen LogP contribution in [0.2, 0.25) is 0 Å². The Bertz CT molecular complexity index is 1040. The lowest BCUT2D eigenvalue weighted by Gasteiger charge is -2.09. The number of phenolic OH excluding ortho intramolecular Hbond substituents is 1. The van der Waals surface area contributed by atoms with Crippen LogP contribution in [0.5, 0.6) is 11.5 Å². The maximum Gasteiger partial charge on any atom is 0.276 e. The number of carbonyl (C=O) groups is 1. The number of hydrogen-bond donors (Lipinski definition) is 2. The number of nitro groups is 1. The smallest absolute Gasteiger partial charge is 0.276 e. The Morgan fingerprint density at radius 1 is 1.25 bits per heavy atom. The van der Waals surface area contributed by atoms with Gasteiger partial charge in [-0.15, -0.1) is 0 Å². The van der Waals surface area contributed by atoms with Crippen LogP contribution < -0.4 is 10.1 Å². The summed E-state index contributed by atoms with van der Waals surface area (Å²) in [6.07, 6.45) is 1.59. The second-order valence-corrected chi connectivity index (χ2v) is 6.20. The zero-order valence-electron chi connectivity index (χ0n) is 15.2. The molecule has 3 rings (SSSR count). The van der Waals surface area contributed by atoms with E-state index in [9.17, 15) is 20.0 Å². The summed E-state index contributed by atoms with van der Waals surface area (Å²) < 4.78 is 7.17. The zero-order valence-corrected chi connectivity index (χ0v) is 15.2. The summed E-state index contributed by atoms with van der Waals surface area (Å²) in [6.45, 7) is 4.07. The maximum absolute atomic E-state index is 12.3. The van der Waals surface area contributed by atoms with Gasteiger partial charge in [-0.2, -0.15) is 5.10 Å². The van der Waals surface area contributed by atoms with E-state index in [1.807, 2.05) is 32.0 Å². The SMILES string of the molecule is Cc1ccc(OCn2ccc(C(=O)Nc3ccc([N+](=O)[O-])cc3O)n2)c(C)c1. The minimum Gasteiger partial charge on any atom is -0.506 e. The van der Waals surface area contributed by atoms with E-state index in [1.165, 1.54) is 22.9 Å². The van der Waals surface area contributed by atoms with E-state index < -0.39 is 16.6 Å². The molecule has 9 nitrogen and oxygen atoms in total. The van der Waals surface area contributed by atoms with Gasteiger partial charge in [-0.25, -0.2) is 4.68 Å². The molecule has 0 saturated carbocycles. The number of nitrogens with zero attached hydrogens (tertiary/aromatic N) is 3. The first-order chi connectivity index (χ1) is 13.3. The van der Waals surface area contributed by atoms with E-state index in [1.54, 1.807) is 6.20 Å². The lowest BCUT2D eigenvalue weighted by molar-refractivity contribution is -0.384. The third kappa shape index (κ3) is 4.26. The number of aryl methyl sites for hydroxylation is 2. The highest BCUT2D eigenvalue weighted by Crippen LogP contribution is 2.28. The van der Waals surface area contributed by atoms with Crippen molar-refractivity contribution in [2.45, 2.75) is 20.6 Å². The molecule has 0 aliphatic carbocycles. The Labute approximate surface area is 160 Å². The summed E-state index contributed by atoms with van der Waals surface area (Å²) in [4.78, 5) is 22.4. The number of anilines is 1. The summed E-state index contributed by atoms with van der Waals surface area (Å²) in [6, 6.07) is 10.7. The fourth-order valence-electron chi connectivity index (χ4n) is 2.58. The molecule has 0 saturated heterocycles. The van der Waals surface area contributed by atoms with Gasteiger partial charge in [0.15, 0.2) is 12.4 Å². The molecule has 0 atom stereocenters. The predicted octanol–water partition coefficient (Wildman–Crippen LogP) is 3.40. The number of ether oxygens (including phenoxy) is 1.